The van der Waals surface area contributed by atoms with Gasteiger partial charge in [-0.2, -0.15) is 0 Å². The minimum atomic E-state index is -0.383. The molecule has 1 aromatic heterocycles. The van der Waals surface area contributed by atoms with E-state index in [1.54, 1.807) is 23.5 Å². The van der Waals surface area contributed by atoms with Gasteiger partial charge in [-0.05, 0) is 53.1 Å². The molecule has 0 amide bonds. The molecule has 0 unspecified atom stereocenters. The van der Waals surface area contributed by atoms with E-state index in [9.17, 15) is 4.79 Å². The maximum Gasteiger partial charge on any atom is 0.306 e. The van der Waals surface area contributed by atoms with Crippen molar-refractivity contribution < 1.29 is 14.3 Å². The molecule has 3 nitrogen and oxygen atoms in total. The predicted octanol–water partition coefficient (Wildman–Crippen LogP) is 4.87. The van der Waals surface area contributed by atoms with E-state index in [0.29, 0.717) is 19.6 Å². The largest absolute Gasteiger partial charge is 0.454 e. The van der Waals surface area contributed by atoms with Gasteiger partial charge in [-0.25, -0.2) is 0 Å². The molecule has 0 fully saturated rings. The second kappa shape index (κ2) is 10.8. The Kier molecular flexibility index (Phi) is 9.30. The smallest absolute Gasteiger partial charge is 0.306 e. The summed E-state index contributed by atoms with van der Waals surface area (Å²) in [7, 11) is 0. The Balaban J connectivity index is 1.98. The first kappa shape index (κ1) is 18.1. The number of unbranched alkanes of at least 4 members (excludes halogenated alkanes) is 2. The Morgan fingerprint density at radius 2 is 2.05 bits per heavy atom. The van der Waals surface area contributed by atoms with Gasteiger partial charge in [-0.1, -0.05) is 19.6 Å². The SMILES string of the molecule is C=CC(C=C)OC(=O)CCCCCOCc1ccc(Br)s1. The van der Waals surface area contributed by atoms with Gasteiger partial charge in [0.1, 0.15) is 6.10 Å². The van der Waals surface area contributed by atoms with Crippen LogP contribution in [0.3, 0.4) is 0 Å². The van der Waals surface area contributed by atoms with Crippen LogP contribution in [0.15, 0.2) is 41.2 Å². The van der Waals surface area contributed by atoms with Crippen molar-refractivity contribution >= 4 is 33.2 Å². The molecule has 0 saturated carbocycles. The van der Waals surface area contributed by atoms with E-state index < -0.39 is 0 Å². The Hall–Kier alpha value is -0.910. The summed E-state index contributed by atoms with van der Waals surface area (Å²) >= 11 is 5.11. The zero-order chi connectivity index (χ0) is 15.5. The number of hydrogen-bond donors (Lipinski definition) is 0. The molecule has 0 aliphatic rings. The van der Waals surface area contributed by atoms with Crippen LogP contribution in [0.2, 0.25) is 0 Å². The number of ether oxygens (including phenoxy) is 2. The zero-order valence-corrected chi connectivity index (χ0v) is 14.5. The zero-order valence-electron chi connectivity index (χ0n) is 12.1. The second-order valence-electron chi connectivity index (χ2n) is 4.49. The van der Waals surface area contributed by atoms with E-state index in [0.717, 1.165) is 23.0 Å². The number of hydrogen-bond acceptors (Lipinski definition) is 4. The monoisotopic (exact) mass is 372 g/mol. The molecule has 0 aliphatic carbocycles. The lowest BCUT2D eigenvalue weighted by Crippen LogP contribution is -2.13. The minimum absolute atomic E-state index is 0.204. The summed E-state index contributed by atoms with van der Waals surface area (Å²) in [5, 5.41) is 0. The van der Waals surface area contributed by atoms with Crippen molar-refractivity contribution in [3.8, 4) is 0 Å². The van der Waals surface area contributed by atoms with Crippen LogP contribution >= 0.6 is 27.3 Å². The Morgan fingerprint density at radius 3 is 2.67 bits per heavy atom. The summed E-state index contributed by atoms with van der Waals surface area (Å²) in [6.45, 7) is 8.52. The first-order valence-corrected chi connectivity index (χ1v) is 8.53. The molecule has 0 aliphatic heterocycles. The molecular formula is C16H21BrO3S. The van der Waals surface area contributed by atoms with Crippen molar-refractivity contribution in [2.24, 2.45) is 0 Å². The quantitative estimate of drug-likeness (QED) is 0.315. The van der Waals surface area contributed by atoms with Crippen molar-refractivity contribution in [3.63, 3.8) is 0 Å². The van der Waals surface area contributed by atoms with E-state index >= 15 is 0 Å². The van der Waals surface area contributed by atoms with E-state index in [1.807, 2.05) is 6.07 Å². The molecule has 0 N–H and O–H groups in total. The van der Waals surface area contributed by atoms with Crippen molar-refractivity contribution in [2.45, 2.75) is 38.4 Å². The fraction of sp³-hybridized carbons (Fsp3) is 0.438. The van der Waals surface area contributed by atoms with Gasteiger partial charge >= 0.3 is 5.97 Å². The fourth-order valence-corrected chi connectivity index (χ4v) is 3.08. The Morgan fingerprint density at radius 1 is 1.29 bits per heavy atom. The lowest BCUT2D eigenvalue weighted by molar-refractivity contribution is -0.145. The normalized spacial score (nSPS) is 10.6. The maximum absolute atomic E-state index is 11.5. The minimum Gasteiger partial charge on any atom is -0.454 e. The lowest BCUT2D eigenvalue weighted by Gasteiger charge is -2.09. The van der Waals surface area contributed by atoms with Crippen molar-refractivity contribution in [2.75, 3.05) is 6.61 Å². The van der Waals surface area contributed by atoms with Crippen molar-refractivity contribution in [3.05, 3.63) is 46.1 Å². The standard InChI is InChI=1S/C16H21BrO3S/c1-3-13(4-2)20-16(18)8-6-5-7-11-19-12-14-9-10-15(17)21-14/h3-4,9-10,13H,1-2,5-8,11-12H2. The topological polar surface area (TPSA) is 35.5 Å². The molecule has 1 aromatic rings. The lowest BCUT2D eigenvalue weighted by atomic mass is 10.2. The first-order valence-electron chi connectivity index (χ1n) is 6.92. The second-order valence-corrected chi connectivity index (χ2v) is 7.04. The van der Waals surface area contributed by atoms with E-state index in [-0.39, 0.29) is 12.1 Å². The van der Waals surface area contributed by atoms with Crippen LogP contribution in [-0.2, 0) is 20.9 Å². The van der Waals surface area contributed by atoms with Crippen LogP contribution < -0.4 is 0 Å². The van der Waals surface area contributed by atoms with Crippen LogP contribution in [-0.4, -0.2) is 18.7 Å². The molecule has 1 heterocycles. The summed E-state index contributed by atoms with van der Waals surface area (Å²) in [5.74, 6) is -0.204. The number of halogens is 1. The number of rotatable bonds is 11. The molecule has 0 saturated heterocycles. The van der Waals surface area contributed by atoms with E-state index in [4.69, 9.17) is 9.47 Å². The third-order valence-corrected chi connectivity index (χ3v) is 4.37. The highest BCUT2D eigenvalue weighted by molar-refractivity contribution is 9.11. The Bertz CT molecular complexity index is 448. The van der Waals surface area contributed by atoms with Crippen molar-refractivity contribution in [1.29, 1.82) is 0 Å². The highest BCUT2D eigenvalue weighted by Crippen LogP contribution is 2.22. The summed E-state index contributed by atoms with van der Waals surface area (Å²) in [5.41, 5.74) is 0. The van der Waals surface area contributed by atoms with E-state index in [2.05, 4.69) is 35.2 Å². The van der Waals surface area contributed by atoms with Gasteiger partial charge < -0.3 is 9.47 Å². The van der Waals surface area contributed by atoms with Gasteiger partial charge in [0.05, 0.1) is 10.4 Å². The van der Waals surface area contributed by atoms with Crippen LogP contribution in [0.25, 0.3) is 0 Å². The first-order chi connectivity index (χ1) is 10.2. The van der Waals surface area contributed by atoms with Crippen LogP contribution in [0, 0.1) is 0 Å². The number of carbonyl (C=O) groups excluding carboxylic acids is 1. The number of esters is 1. The molecule has 0 radical (unpaired) electrons. The molecular weight excluding hydrogens is 352 g/mol. The molecule has 1 rings (SSSR count). The maximum atomic E-state index is 11.5. The third-order valence-electron chi connectivity index (χ3n) is 2.77. The van der Waals surface area contributed by atoms with Gasteiger partial charge in [0.15, 0.2) is 0 Å². The summed E-state index contributed by atoms with van der Waals surface area (Å²) in [4.78, 5) is 12.7. The highest BCUT2D eigenvalue weighted by atomic mass is 79.9. The Labute approximate surface area is 138 Å². The van der Waals surface area contributed by atoms with Crippen LogP contribution in [0.4, 0.5) is 0 Å². The van der Waals surface area contributed by atoms with Crippen molar-refractivity contribution in [1.82, 2.24) is 0 Å². The third kappa shape index (κ3) is 8.19. The predicted molar refractivity (Wildman–Crippen MR) is 90.4 cm³/mol. The fourth-order valence-electron chi connectivity index (χ4n) is 1.66. The van der Waals surface area contributed by atoms with Crippen LogP contribution in [0.1, 0.15) is 30.6 Å². The summed E-state index contributed by atoms with van der Waals surface area (Å²) < 4.78 is 11.8. The van der Waals surface area contributed by atoms with Gasteiger partial charge in [0, 0.05) is 17.9 Å². The van der Waals surface area contributed by atoms with Gasteiger partial charge in [0.25, 0.3) is 0 Å². The van der Waals surface area contributed by atoms with Gasteiger partial charge in [-0.3, -0.25) is 4.79 Å². The molecule has 0 atom stereocenters. The summed E-state index contributed by atoms with van der Waals surface area (Å²) in [6.07, 6.45) is 5.88. The molecule has 0 aromatic carbocycles. The molecule has 116 valence electrons. The number of carbonyl (C=O) groups is 1. The molecule has 0 bridgehead atoms. The van der Waals surface area contributed by atoms with Gasteiger partial charge in [0.2, 0.25) is 0 Å². The summed E-state index contributed by atoms with van der Waals surface area (Å²) in [6, 6.07) is 4.08. The average molecular weight is 373 g/mol. The van der Waals surface area contributed by atoms with E-state index in [1.165, 1.54) is 4.88 Å². The van der Waals surface area contributed by atoms with Gasteiger partial charge in [-0.15, -0.1) is 11.3 Å². The molecule has 0 spiro atoms. The number of thiophene rings is 1. The van der Waals surface area contributed by atoms with Crippen LogP contribution in [0.5, 0.6) is 0 Å². The molecule has 5 heteroatoms. The molecule has 21 heavy (non-hydrogen) atoms. The average Bonchev–Trinajstić information content (AvgIpc) is 2.89. The highest BCUT2D eigenvalue weighted by Gasteiger charge is 2.07.